The molecule has 2 aromatic carbocycles. The van der Waals surface area contributed by atoms with E-state index < -0.39 is 6.04 Å². The SMILES string of the molecule is N#CC(Nc1ccc(Cl)cc1)c1c(Cl)cccc1Cl. The normalized spacial score (nSPS) is 11.7. The summed E-state index contributed by atoms with van der Waals surface area (Å²) in [5, 5.41) is 13.9. The van der Waals surface area contributed by atoms with Gasteiger partial charge in [-0.05, 0) is 36.4 Å². The van der Waals surface area contributed by atoms with Gasteiger partial charge >= 0.3 is 0 Å². The molecular formula is C14H9Cl3N2. The number of halogens is 3. The van der Waals surface area contributed by atoms with E-state index in [-0.39, 0.29) is 0 Å². The molecule has 0 amide bonds. The minimum absolute atomic E-state index is 0.459. The van der Waals surface area contributed by atoms with Gasteiger partial charge in [-0.15, -0.1) is 0 Å². The third-order valence-corrected chi connectivity index (χ3v) is 3.48. The van der Waals surface area contributed by atoms with E-state index in [0.29, 0.717) is 20.6 Å². The monoisotopic (exact) mass is 310 g/mol. The van der Waals surface area contributed by atoms with Crippen molar-refractivity contribution in [2.45, 2.75) is 6.04 Å². The maximum Gasteiger partial charge on any atom is 0.143 e. The zero-order valence-electron chi connectivity index (χ0n) is 9.70. The molecule has 0 saturated heterocycles. The van der Waals surface area contributed by atoms with Gasteiger partial charge in [0.2, 0.25) is 0 Å². The highest BCUT2D eigenvalue weighted by Gasteiger charge is 2.17. The Morgan fingerprint density at radius 3 is 2.05 bits per heavy atom. The lowest BCUT2D eigenvalue weighted by atomic mass is 10.1. The van der Waals surface area contributed by atoms with E-state index >= 15 is 0 Å². The predicted octanol–water partition coefficient (Wildman–Crippen LogP) is 5.32. The molecule has 0 aliphatic rings. The standard InChI is InChI=1S/C14H9Cl3N2/c15-9-4-6-10(7-5-9)19-13(8-18)14-11(16)2-1-3-12(14)17/h1-7,13,19H. The number of nitriles is 1. The minimum Gasteiger partial charge on any atom is -0.366 e. The summed E-state index contributed by atoms with van der Waals surface area (Å²) in [4.78, 5) is 0. The summed E-state index contributed by atoms with van der Waals surface area (Å²) in [5.41, 5.74) is 1.34. The molecule has 1 N–H and O–H groups in total. The lowest BCUT2D eigenvalue weighted by molar-refractivity contribution is 0.998. The first-order chi connectivity index (χ1) is 9.11. The number of anilines is 1. The number of nitrogens with zero attached hydrogens (tertiary/aromatic N) is 1. The van der Waals surface area contributed by atoms with Crippen molar-refractivity contribution in [3.05, 3.63) is 63.1 Å². The molecule has 0 saturated carbocycles. The smallest absolute Gasteiger partial charge is 0.143 e. The fourth-order valence-electron chi connectivity index (χ4n) is 1.67. The zero-order chi connectivity index (χ0) is 13.8. The van der Waals surface area contributed by atoms with Crippen LogP contribution in [0.5, 0.6) is 0 Å². The average molecular weight is 312 g/mol. The maximum atomic E-state index is 9.29. The Bertz CT molecular complexity index is 597. The van der Waals surface area contributed by atoms with Crippen LogP contribution in [-0.2, 0) is 0 Å². The predicted molar refractivity (Wildman–Crippen MR) is 79.9 cm³/mol. The van der Waals surface area contributed by atoms with Crippen molar-refractivity contribution in [3.63, 3.8) is 0 Å². The van der Waals surface area contributed by atoms with Crippen LogP contribution in [0.1, 0.15) is 11.6 Å². The van der Waals surface area contributed by atoms with Gasteiger partial charge in [0.1, 0.15) is 6.04 Å². The van der Waals surface area contributed by atoms with Gasteiger partial charge in [-0.3, -0.25) is 0 Å². The molecule has 2 rings (SSSR count). The van der Waals surface area contributed by atoms with Crippen molar-refractivity contribution in [3.8, 4) is 6.07 Å². The number of hydrogen-bond donors (Lipinski definition) is 1. The molecule has 0 fully saturated rings. The highest BCUT2D eigenvalue weighted by atomic mass is 35.5. The Kier molecular flexibility index (Phi) is 4.55. The fourth-order valence-corrected chi connectivity index (χ4v) is 2.41. The summed E-state index contributed by atoms with van der Waals surface area (Å²) in [7, 11) is 0. The Labute approximate surface area is 126 Å². The van der Waals surface area contributed by atoms with Crippen molar-refractivity contribution in [2.75, 3.05) is 5.32 Å². The number of benzene rings is 2. The summed E-state index contributed by atoms with van der Waals surface area (Å²) < 4.78 is 0. The van der Waals surface area contributed by atoms with Gasteiger partial charge in [0, 0.05) is 26.3 Å². The van der Waals surface area contributed by atoms with E-state index in [2.05, 4.69) is 11.4 Å². The van der Waals surface area contributed by atoms with Crippen LogP contribution in [0.4, 0.5) is 5.69 Å². The quantitative estimate of drug-likeness (QED) is 0.832. The summed E-state index contributed by atoms with van der Waals surface area (Å²) in [6.45, 7) is 0. The third kappa shape index (κ3) is 3.33. The fraction of sp³-hybridized carbons (Fsp3) is 0.0714. The molecule has 96 valence electrons. The molecular weight excluding hydrogens is 303 g/mol. The maximum absolute atomic E-state index is 9.29. The molecule has 2 aromatic rings. The van der Waals surface area contributed by atoms with E-state index in [0.717, 1.165) is 5.69 Å². The molecule has 19 heavy (non-hydrogen) atoms. The van der Waals surface area contributed by atoms with Gasteiger partial charge in [-0.1, -0.05) is 40.9 Å². The van der Waals surface area contributed by atoms with Crippen LogP contribution in [0.25, 0.3) is 0 Å². The molecule has 0 bridgehead atoms. The molecule has 1 unspecified atom stereocenters. The summed E-state index contributed by atoms with van der Waals surface area (Å²) in [5.74, 6) is 0. The Hall–Kier alpha value is -1.40. The first-order valence-electron chi connectivity index (χ1n) is 5.47. The highest BCUT2D eigenvalue weighted by Crippen LogP contribution is 2.32. The van der Waals surface area contributed by atoms with E-state index in [1.54, 1.807) is 42.5 Å². The van der Waals surface area contributed by atoms with Crippen LogP contribution in [-0.4, -0.2) is 0 Å². The zero-order valence-corrected chi connectivity index (χ0v) is 12.0. The number of rotatable bonds is 3. The topological polar surface area (TPSA) is 35.8 Å². The second-order valence-electron chi connectivity index (χ2n) is 3.85. The second kappa shape index (κ2) is 6.16. The lowest BCUT2D eigenvalue weighted by Crippen LogP contribution is -2.09. The van der Waals surface area contributed by atoms with Gasteiger partial charge in [-0.2, -0.15) is 5.26 Å². The summed E-state index contributed by atoms with van der Waals surface area (Å²) in [6.07, 6.45) is 0. The molecule has 0 aromatic heterocycles. The first-order valence-corrected chi connectivity index (χ1v) is 6.61. The van der Waals surface area contributed by atoms with Crippen molar-refractivity contribution >= 4 is 40.5 Å². The molecule has 1 atom stereocenters. The van der Waals surface area contributed by atoms with Crippen LogP contribution in [0, 0.1) is 11.3 Å². The molecule has 0 aliphatic carbocycles. The van der Waals surface area contributed by atoms with Crippen molar-refractivity contribution < 1.29 is 0 Å². The molecule has 0 spiro atoms. The van der Waals surface area contributed by atoms with Crippen molar-refractivity contribution in [1.82, 2.24) is 0 Å². The van der Waals surface area contributed by atoms with Crippen LogP contribution in [0.3, 0.4) is 0 Å². The number of nitrogens with one attached hydrogen (secondary N) is 1. The minimum atomic E-state index is -0.623. The molecule has 5 heteroatoms. The van der Waals surface area contributed by atoms with Crippen LogP contribution >= 0.6 is 34.8 Å². The lowest BCUT2D eigenvalue weighted by Gasteiger charge is -2.16. The van der Waals surface area contributed by atoms with Crippen molar-refractivity contribution in [2.24, 2.45) is 0 Å². The van der Waals surface area contributed by atoms with Crippen molar-refractivity contribution in [1.29, 1.82) is 5.26 Å². The van der Waals surface area contributed by atoms with E-state index in [1.165, 1.54) is 0 Å². The largest absolute Gasteiger partial charge is 0.366 e. The average Bonchev–Trinajstić information content (AvgIpc) is 2.39. The second-order valence-corrected chi connectivity index (χ2v) is 5.10. The summed E-state index contributed by atoms with van der Waals surface area (Å²) in [6, 6.07) is 13.7. The van der Waals surface area contributed by atoms with Crippen LogP contribution < -0.4 is 5.32 Å². The first kappa shape index (κ1) is 14.0. The summed E-state index contributed by atoms with van der Waals surface area (Å²) >= 11 is 18.0. The van der Waals surface area contributed by atoms with E-state index in [4.69, 9.17) is 34.8 Å². The van der Waals surface area contributed by atoms with Crippen LogP contribution in [0.15, 0.2) is 42.5 Å². The Balaban J connectivity index is 2.31. The molecule has 0 radical (unpaired) electrons. The number of hydrogen-bond acceptors (Lipinski definition) is 2. The Morgan fingerprint density at radius 1 is 0.947 bits per heavy atom. The Morgan fingerprint density at radius 2 is 1.53 bits per heavy atom. The van der Waals surface area contributed by atoms with Gasteiger partial charge in [0.15, 0.2) is 0 Å². The van der Waals surface area contributed by atoms with Gasteiger partial charge in [-0.25, -0.2) is 0 Å². The van der Waals surface area contributed by atoms with Gasteiger partial charge in [0.25, 0.3) is 0 Å². The molecule has 0 heterocycles. The van der Waals surface area contributed by atoms with E-state index in [9.17, 15) is 5.26 Å². The molecule has 2 nitrogen and oxygen atoms in total. The van der Waals surface area contributed by atoms with Gasteiger partial charge < -0.3 is 5.32 Å². The molecule has 0 aliphatic heterocycles. The van der Waals surface area contributed by atoms with E-state index in [1.807, 2.05) is 0 Å². The van der Waals surface area contributed by atoms with Crippen LogP contribution in [0.2, 0.25) is 15.1 Å². The van der Waals surface area contributed by atoms with Gasteiger partial charge in [0.05, 0.1) is 6.07 Å². The third-order valence-electron chi connectivity index (χ3n) is 2.57. The highest BCUT2D eigenvalue weighted by molar-refractivity contribution is 6.36.